The zero-order valence-corrected chi connectivity index (χ0v) is 12.2. The quantitative estimate of drug-likeness (QED) is 0.807. The number of hydrogen-bond donors (Lipinski definition) is 0. The van der Waals surface area contributed by atoms with Crippen LogP contribution in [0.4, 0.5) is 17.6 Å². The van der Waals surface area contributed by atoms with Crippen LogP contribution in [0.3, 0.4) is 0 Å². The summed E-state index contributed by atoms with van der Waals surface area (Å²) in [7, 11) is -3.08. The first-order valence-corrected chi connectivity index (χ1v) is 7.51. The Bertz CT molecular complexity index is 808. The number of nitrogens with zero attached hydrogens (tertiary/aromatic N) is 1. The van der Waals surface area contributed by atoms with Crippen LogP contribution in [0.25, 0.3) is 0 Å². The van der Waals surface area contributed by atoms with E-state index in [1.807, 2.05) is 0 Å². The molecule has 0 aliphatic carbocycles. The van der Waals surface area contributed by atoms with Crippen LogP contribution in [0.5, 0.6) is 0 Å². The molecule has 2 aromatic rings. The number of sulfonamides is 1. The average molecular weight is 333 g/mol. The molecule has 0 atom stereocenters. The highest BCUT2D eigenvalue weighted by molar-refractivity contribution is 7.89. The van der Waals surface area contributed by atoms with Crippen LogP contribution in [-0.4, -0.2) is 19.8 Å². The third kappa shape index (κ3) is 3.28. The molecule has 118 valence electrons. The third-order valence-electron chi connectivity index (χ3n) is 2.97. The van der Waals surface area contributed by atoms with E-state index >= 15 is 0 Å². The van der Waals surface area contributed by atoms with Crippen molar-refractivity contribution in [3.05, 3.63) is 65.2 Å². The maximum atomic E-state index is 13.6. The molecule has 0 aliphatic rings. The Labute approximate surface area is 124 Å². The van der Waals surface area contributed by atoms with Gasteiger partial charge in [-0.05, 0) is 29.8 Å². The van der Waals surface area contributed by atoms with E-state index in [1.54, 1.807) is 0 Å². The van der Waals surface area contributed by atoms with Gasteiger partial charge in [0.15, 0.2) is 11.6 Å². The maximum Gasteiger partial charge on any atom is 0.246 e. The Kier molecular flexibility index (Phi) is 4.52. The van der Waals surface area contributed by atoms with Crippen molar-refractivity contribution in [1.82, 2.24) is 4.31 Å². The Morgan fingerprint density at radius 3 is 2.18 bits per heavy atom. The molecule has 2 aromatic carbocycles. The lowest BCUT2D eigenvalue weighted by Gasteiger charge is -2.17. The molecule has 0 N–H and O–H groups in total. The van der Waals surface area contributed by atoms with Gasteiger partial charge in [0, 0.05) is 19.7 Å². The van der Waals surface area contributed by atoms with Crippen molar-refractivity contribution in [2.24, 2.45) is 0 Å². The summed E-state index contributed by atoms with van der Waals surface area (Å²) in [5.74, 6) is -4.30. The Hall–Kier alpha value is -1.93. The summed E-state index contributed by atoms with van der Waals surface area (Å²) in [5.41, 5.74) is 0.187. The summed E-state index contributed by atoms with van der Waals surface area (Å²) in [6.45, 7) is -0.295. The van der Waals surface area contributed by atoms with E-state index < -0.39 is 38.2 Å². The van der Waals surface area contributed by atoms with E-state index in [0.29, 0.717) is 6.07 Å². The van der Waals surface area contributed by atoms with Crippen molar-refractivity contribution in [3.8, 4) is 0 Å². The van der Waals surface area contributed by atoms with Crippen LogP contribution in [0.1, 0.15) is 5.56 Å². The summed E-state index contributed by atoms with van der Waals surface area (Å²) in [6, 6.07) is 5.01. The second-order valence-electron chi connectivity index (χ2n) is 4.58. The summed E-state index contributed by atoms with van der Waals surface area (Å²) in [4.78, 5) is -0.695. The first kappa shape index (κ1) is 16.4. The van der Waals surface area contributed by atoms with Gasteiger partial charge in [0.2, 0.25) is 10.0 Å². The van der Waals surface area contributed by atoms with Gasteiger partial charge in [-0.3, -0.25) is 0 Å². The van der Waals surface area contributed by atoms with Crippen LogP contribution < -0.4 is 0 Å². The van der Waals surface area contributed by atoms with Gasteiger partial charge < -0.3 is 0 Å². The molecule has 22 heavy (non-hydrogen) atoms. The normalized spacial score (nSPS) is 11.9. The standard InChI is InChI=1S/C14H11F4NO2S/c1-19(8-9-2-4-11(16)12(17)6-9)22(20,21)14-5-3-10(15)7-13(14)18/h2-7H,8H2,1H3. The molecule has 0 saturated carbocycles. The minimum Gasteiger partial charge on any atom is -0.207 e. The Morgan fingerprint density at radius 1 is 0.909 bits per heavy atom. The number of benzene rings is 2. The molecule has 0 unspecified atom stereocenters. The summed E-state index contributed by atoms with van der Waals surface area (Å²) in [6.07, 6.45) is 0. The lowest BCUT2D eigenvalue weighted by Crippen LogP contribution is -2.27. The van der Waals surface area contributed by atoms with E-state index in [0.717, 1.165) is 35.6 Å². The smallest absolute Gasteiger partial charge is 0.207 e. The van der Waals surface area contributed by atoms with E-state index in [2.05, 4.69) is 0 Å². The van der Waals surface area contributed by atoms with Crippen LogP contribution in [-0.2, 0) is 16.6 Å². The maximum absolute atomic E-state index is 13.6. The Morgan fingerprint density at radius 2 is 1.59 bits per heavy atom. The van der Waals surface area contributed by atoms with Gasteiger partial charge in [0.05, 0.1) is 0 Å². The highest BCUT2D eigenvalue weighted by atomic mass is 32.2. The monoisotopic (exact) mass is 333 g/mol. The molecule has 2 rings (SSSR count). The second-order valence-corrected chi connectivity index (χ2v) is 6.60. The van der Waals surface area contributed by atoms with Gasteiger partial charge in [-0.25, -0.2) is 26.0 Å². The third-order valence-corrected chi connectivity index (χ3v) is 4.81. The molecule has 0 radical (unpaired) electrons. The molecule has 0 aliphatic heterocycles. The summed E-state index contributed by atoms with van der Waals surface area (Å²) in [5, 5.41) is 0. The Balaban J connectivity index is 2.30. The molecule has 0 fully saturated rings. The minimum absolute atomic E-state index is 0.187. The fourth-order valence-corrected chi connectivity index (χ4v) is 3.03. The minimum atomic E-state index is -4.23. The molecule has 0 aromatic heterocycles. The van der Waals surface area contributed by atoms with Gasteiger partial charge in [-0.15, -0.1) is 0 Å². The first-order chi connectivity index (χ1) is 10.2. The van der Waals surface area contributed by atoms with Gasteiger partial charge in [0.25, 0.3) is 0 Å². The predicted molar refractivity (Wildman–Crippen MR) is 71.4 cm³/mol. The molecule has 8 heteroatoms. The SMILES string of the molecule is CN(Cc1ccc(F)c(F)c1)S(=O)(=O)c1ccc(F)cc1F. The van der Waals surface area contributed by atoms with Crippen molar-refractivity contribution in [2.75, 3.05) is 7.05 Å². The molecule has 3 nitrogen and oxygen atoms in total. The second kappa shape index (κ2) is 6.05. The van der Waals surface area contributed by atoms with Crippen molar-refractivity contribution in [1.29, 1.82) is 0 Å². The molecule has 0 spiro atoms. The fraction of sp³-hybridized carbons (Fsp3) is 0.143. The van der Waals surface area contributed by atoms with Gasteiger partial charge in [0.1, 0.15) is 16.5 Å². The van der Waals surface area contributed by atoms with E-state index in [-0.39, 0.29) is 12.1 Å². The van der Waals surface area contributed by atoms with Crippen molar-refractivity contribution < 1.29 is 26.0 Å². The van der Waals surface area contributed by atoms with E-state index in [9.17, 15) is 26.0 Å². The molecule has 0 amide bonds. The van der Waals surface area contributed by atoms with Crippen molar-refractivity contribution in [3.63, 3.8) is 0 Å². The van der Waals surface area contributed by atoms with Crippen LogP contribution in [0.2, 0.25) is 0 Å². The number of halogens is 4. The van der Waals surface area contributed by atoms with E-state index in [1.165, 1.54) is 6.07 Å². The van der Waals surface area contributed by atoms with Crippen molar-refractivity contribution in [2.45, 2.75) is 11.4 Å². The summed E-state index contributed by atoms with van der Waals surface area (Å²) < 4.78 is 77.6. The topological polar surface area (TPSA) is 37.4 Å². The predicted octanol–water partition coefficient (Wildman–Crippen LogP) is 3.06. The van der Waals surface area contributed by atoms with Gasteiger partial charge in [-0.1, -0.05) is 6.07 Å². The zero-order valence-electron chi connectivity index (χ0n) is 11.4. The van der Waals surface area contributed by atoms with Gasteiger partial charge in [-0.2, -0.15) is 4.31 Å². The van der Waals surface area contributed by atoms with Crippen molar-refractivity contribution >= 4 is 10.0 Å². The largest absolute Gasteiger partial charge is 0.246 e. The molecular formula is C14H11F4NO2S. The highest BCUT2D eigenvalue weighted by Gasteiger charge is 2.25. The van der Waals surface area contributed by atoms with Crippen LogP contribution >= 0.6 is 0 Å². The lowest BCUT2D eigenvalue weighted by atomic mass is 10.2. The van der Waals surface area contributed by atoms with E-state index in [4.69, 9.17) is 0 Å². The summed E-state index contributed by atoms with van der Waals surface area (Å²) >= 11 is 0. The van der Waals surface area contributed by atoms with Gasteiger partial charge >= 0.3 is 0 Å². The molecule has 0 heterocycles. The highest BCUT2D eigenvalue weighted by Crippen LogP contribution is 2.21. The number of hydrogen-bond acceptors (Lipinski definition) is 2. The van der Waals surface area contributed by atoms with Crippen LogP contribution in [0, 0.1) is 23.3 Å². The molecule has 0 saturated heterocycles. The lowest BCUT2D eigenvalue weighted by molar-refractivity contribution is 0.455. The average Bonchev–Trinajstić information content (AvgIpc) is 2.42. The first-order valence-electron chi connectivity index (χ1n) is 6.07. The number of rotatable bonds is 4. The van der Waals surface area contributed by atoms with Crippen LogP contribution in [0.15, 0.2) is 41.3 Å². The zero-order chi connectivity index (χ0) is 16.5. The molecule has 0 bridgehead atoms. The fourth-order valence-electron chi connectivity index (χ4n) is 1.83. The molecular weight excluding hydrogens is 322 g/mol.